The minimum Gasteiger partial charge on any atom is -0.497 e. The monoisotopic (exact) mass is 340 g/mol. The molecule has 2 aromatic rings. The number of benzene rings is 1. The number of fused-ring (bicyclic) bond motifs is 1. The van der Waals surface area contributed by atoms with E-state index in [0.717, 1.165) is 0 Å². The summed E-state index contributed by atoms with van der Waals surface area (Å²) >= 11 is 0. The summed E-state index contributed by atoms with van der Waals surface area (Å²) in [7, 11) is -2.50. The number of carbonyl (C=O) groups is 1. The molecular weight excluding hydrogens is 324 g/mol. The zero-order chi connectivity index (χ0) is 16.6. The zero-order valence-corrected chi connectivity index (χ0v) is 13.2. The Labute approximate surface area is 132 Å². The topological polar surface area (TPSA) is 109 Å². The Balaban J connectivity index is 2.24. The van der Waals surface area contributed by atoms with Gasteiger partial charge < -0.3 is 19.6 Å². The molecule has 0 radical (unpaired) electrons. The van der Waals surface area contributed by atoms with Gasteiger partial charge in [-0.3, -0.25) is 0 Å². The molecule has 0 amide bonds. The van der Waals surface area contributed by atoms with Crippen molar-refractivity contribution in [1.29, 1.82) is 0 Å². The molecule has 1 aliphatic heterocycles. The summed E-state index contributed by atoms with van der Waals surface area (Å²) in [5, 5.41) is 9.68. The number of hydrogen-bond donors (Lipinski definition) is 2. The predicted octanol–water partition coefficient (Wildman–Crippen LogP) is 0.896. The van der Waals surface area contributed by atoms with Crippen LogP contribution >= 0.6 is 0 Å². The summed E-state index contributed by atoms with van der Waals surface area (Å²) in [5.41, 5.74) is 0.0785. The molecular formula is C14H16N2O6S. The first kappa shape index (κ1) is 15.8. The maximum absolute atomic E-state index is 12.9. The molecule has 23 heavy (non-hydrogen) atoms. The van der Waals surface area contributed by atoms with Crippen LogP contribution in [-0.2, 0) is 14.8 Å². The lowest BCUT2D eigenvalue weighted by Gasteiger charge is -2.26. The van der Waals surface area contributed by atoms with Gasteiger partial charge in [0, 0.05) is 24.0 Å². The lowest BCUT2D eigenvalue weighted by molar-refractivity contribution is 0.0683. The van der Waals surface area contributed by atoms with Gasteiger partial charge in [0.25, 0.3) is 0 Å². The van der Waals surface area contributed by atoms with Crippen molar-refractivity contribution in [2.75, 3.05) is 33.4 Å². The maximum atomic E-state index is 12.9. The molecule has 0 unspecified atom stereocenters. The summed E-state index contributed by atoms with van der Waals surface area (Å²) < 4.78 is 37.4. The highest BCUT2D eigenvalue weighted by molar-refractivity contribution is 7.89. The largest absolute Gasteiger partial charge is 0.497 e. The van der Waals surface area contributed by atoms with Crippen LogP contribution in [-0.4, -0.2) is 62.2 Å². The summed E-state index contributed by atoms with van der Waals surface area (Å²) in [6, 6.07) is 4.75. The van der Waals surface area contributed by atoms with Crippen molar-refractivity contribution in [3.8, 4) is 5.75 Å². The second-order valence-electron chi connectivity index (χ2n) is 5.06. The average molecular weight is 340 g/mol. The van der Waals surface area contributed by atoms with Crippen molar-refractivity contribution in [3.63, 3.8) is 0 Å². The molecule has 1 aromatic carbocycles. The number of ether oxygens (including phenoxy) is 2. The van der Waals surface area contributed by atoms with Gasteiger partial charge >= 0.3 is 5.97 Å². The fourth-order valence-corrected chi connectivity index (χ4v) is 4.34. The molecule has 0 bridgehead atoms. The van der Waals surface area contributed by atoms with Crippen LogP contribution in [0, 0.1) is 0 Å². The van der Waals surface area contributed by atoms with Crippen molar-refractivity contribution in [2.24, 2.45) is 0 Å². The highest BCUT2D eigenvalue weighted by Gasteiger charge is 2.34. The van der Waals surface area contributed by atoms with Gasteiger partial charge in [-0.05, 0) is 18.2 Å². The molecule has 0 saturated carbocycles. The minimum absolute atomic E-state index is 0.192. The summed E-state index contributed by atoms with van der Waals surface area (Å²) in [4.78, 5) is 13.9. The van der Waals surface area contributed by atoms with Crippen LogP contribution < -0.4 is 4.74 Å². The fraction of sp³-hybridized carbons (Fsp3) is 0.357. The van der Waals surface area contributed by atoms with Crippen molar-refractivity contribution in [3.05, 3.63) is 23.9 Å². The first-order chi connectivity index (χ1) is 10.9. The number of morpholine rings is 1. The van der Waals surface area contributed by atoms with Crippen LogP contribution in [0.1, 0.15) is 10.5 Å². The molecule has 1 aromatic heterocycles. The van der Waals surface area contributed by atoms with E-state index in [2.05, 4.69) is 4.98 Å². The molecule has 1 fully saturated rings. The van der Waals surface area contributed by atoms with E-state index in [0.29, 0.717) is 16.7 Å². The van der Waals surface area contributed by atoms with Gasteiger partial charge in [-0.15, -0.1) is 0 Å². The van der Waals surface area contributed by atoms with E-state index >= 15 is 0 Å². The molecule has 0 spiro atoms. The second-order valence-corrected chi connectivity index (χ2v) is 6.94. The number of aromatic nitrogens is 1. The number of H-pyrrole nitrogens is 1. The Morgan fingerprint density at radius 1 is 1.35 bits per heavy atom. The minimum atomic E-state index is -3.96. The number of aromatic carboxylic acids is 1. The highest BCUT2D eigenvalue weighted by Crippen LogP contribution is 2.32. The third kappa shape index (κ3) is 2.67. The molecule has 2 N–H and O–H groups in total. The van der Waals surface area contributed by atoms with E-state index in [-0.39, 0.29) is 36.9 Å². The quantitative estimate of drug-likeness (QED) is 0.856. The number of rotatable bonds is 4. The van der Waals surface area contributed by atoms with Crippen LogP contribution in [0.25, 0.3) is 10.9 Å². The first-order valence-corrected chi connectivity index (χ1v) is 8.40. The molecule has 3 rings (SSSR count). The number of methoxy groups -OCH3 is 1. The molecule has 0 atom stereocenters. The predicted molar refractivity (Wildman–Crippen MR) is 81.4 cm³/mol. The van der Waals surface area contributed by atoms with E-state index in [1.54, 1.807) is 12.1 Å². The van der Waals surface area contributed by atoms with Gasteiger partial charge in [-0.1, -0.05) is 0 Å². The smallest absolute Gasteiger partial charge is 0.353 e. The average Bonchev–Trinajstić information content (AvgIpc) is 2.95. The van der Waals surface area contributed by atoms with Crippen LogP contribution in [0.4, 0.5) is 0 Å². The number of nitrogens with one attached hydrogen (secondary N) is 1. The molecule has 8 nitrogen and oxygen atoms in total. The Kier molecular flexibility index (Phi) is 4.00. The van der Waals surface area contributed by atoms with Gasteiger partial charge in [0.2, 0.25) is 10.0 Å². The van der Waals surface area contributed by atoms with Gasteiger partial charge in [-0.2, -0.15) is 4.31 Å². The number of carboxylic acid groups (broad SMARTS) is 1. The Bertz CT molecular complexity index is 852. The van der Waals surface area contributed by atoms with Crippen LogP contribution in [0.3, 0.4) is 0 Å². The normalized spacial score (nSPS) is 16.6. The van der Waals surface area contributed by atoms with Crippen molar-refractivity contribution >= 4 is 26.9 Å². The summed E-state index contributed by atoms with van der Waals surface area (Å²) in [6.45, 7) is 0.955. The maximum Gasteiger partial charge on any atom is 0.353 e. The molecule has 124 valence electrons. The molecule has 2 heterocycles. The van der Waals surface area contributed by atoms with Gasteiger partial charge in [0.05, 0.1) is 20.3 Å². The number of nitrogens with zero attached hydrogens (tertiary/aromatic N) is 1. The summed E-state index contributed by atoms with van der Waals surface area (Å²) in [5.74, 6) is -0.876. The Morgan fingerprint density at radius 3 is 2.65 bits per heavy atom. The third-order valence-electron chi connectivity index (χ3n) is 3.74. The fourth-order valence-electron chi connectivity index (χ4n) is 2.61. The van der Waals surface area contributed by atoms with E-state index < -0.39 is 16.0 Å². The van der Waals surface area contributed by atoms with Gasteiger partial charge in [-0.25, -0.2) is 13.2 Å². The third-order valence-corrected chi connectivity index (χ3v) is 5.72. The Hall–Kier alpha value is -2.10. The van der Waals surface area contributed by atoms with Crippen LogP contribution in [0.15, 0.2) is 23.1 Å². The second kappa shape index (κ2) is 5.84. The van der Waals surface area contributed by atoms with Gasteiger partial charge in [0.15, 0.2) is 0 Å². The summed E-state index contributed by atoms with van der Waals surface area (Å²) in [6.07, 6.45) is 0. The lowest BCUT2D eigenvalue weighted by atomic mass is 10.2. The number of hydrogen-bond acceptors (Lipinski definition) is 5. The molecule has 9 heteroatoms. The van der Waals surface area contributed by atoms with Crippen molar-refractivity contribution < 1.29 is 27.8 Å². The van der Waals surface area contributed by atoms with E-state index in [4.69, 9.17) is 9.47 Å². The number of aromatic amines is 1. The Morgan fingerprint density at radius 2 is 2.04 bits per heavy atom. The molecule has 1 aliphatic rings. The highest BCUT2D eigenvalue weighted by atomic mass is 32.2. The SMILES string of the molecule is COc1ccc2[nH]c(C(=O)O)c(S(=O)(=O)N3CCOCC3)c2c1. The standard InChI is InChI=1S/C14H16N2O6S/c1-21-9-2-3-11-10(8-9)13(12(15-11)14(17)18)23(19,20)16-4-6-22-7-5-16/h2-3,8,15H,4-7H2,1H3,(H,17,18). The van der Waals surface area contributed by atoms with Crippen molar-refractivity contribution in [2.45, 2.75) is 4.90 Å². The van der Waals surface area contributed by atoms with Crippen LogP contribution in [0.2, 0.25) is 0 Å². The van der Waals surface area contributed by atoms with E-state index in [9.17, 15) is 18.3 Å². The number of carboxylic acids is 1. The van der Waals surface area contributed by atoms with E-state index in [1.165, 1.54) is 17.5 Å². The molecule has 1 saturated heterocycles. The molecule has 0 aliphatic carbocycles. The zero-order valence-electron chi connectivity index (χ0n) is 12.4. The number of sulfonamides is 1. The van der Waals surface area contributed by atoms with Crippen LogP contribution in [0.5, 0.6) is 5.75 Å². The van der Waals surface area contributed by atoms with E-state index in [1.807, 2.05) is 0 Å². The van der Waals surface area contributed by atoms with Crippen molar-refractivity contribution in [1.82, 2.24) is 9.29 Å². The first-order valence-electron chi connectivity index (χ1n) is 6.96. The lowest BCUT2D eigenvalue weighted by Crippen LogP contribution is -2.41. The van der Waals surface area contributed by atoms with Gasteiger partial charge in [0.1, 0.15) is 16.3 Å².